The second-order valence-electron chi connectivity index (χ2n) is 8.13. The summed E-state index contributed by atoms with van der Waals surface area (Å²) >= 11 is 7.58. The van der Waals surface area contributed by atoms with Crippen molar-refractivity contribution in [3.05, 3.63) is 77.3 Å². The van der Waals surface area contributed by atoms with Crippen LogP contribution in [0.4, 0.5) is 5.69 Å². The molecule has 1 fully saturated rings. The molecule has 34 heavy (non-hydrogen) atoms. The first-order chi connectivity index (χ1) is 16.6. The third-order valence-electron chi connectivity index (χ3n) is 6.07. The minimum Gasteiger partial charge on any atom is -0.497 e. The summed E-state index contributed by atoms with van der Waals surface area (Å²) in [5, 5.41) is 3.64. The van der Waals surface area contributed by atoms with Gasteiger partial charge in [-0.15, -0.1) is 11.3 Å². The number of halogens is 1. The average molecular weight is 493 g/mol. The fraction of sp³-hybridized carbons (Fsp3) is 0.231. The van der Waals surface area contributed by atoms with Gasteiger partial charge in [-0.05, 0) is 48.5 Å². The van der Waals surface area contributed by atoms with Crippen molar-refractivity contribution in [3.63, 3.8) is 0 Å². The Morgan fingerprint density at radius 1 is 1.03 bits per heavy atom. The molecule has 1 saturated heterocycles. The third-order valence-corrected chi connectivity index (χ3v) is 7.19. The van der Waals surface area contributed by atoms with Gasteiger partial charge >= 0.3 is 0 Å². The Bertz CT molecular complexity index is 1260. The van der Waals surface area contributed by atoms with E-state index in [1.54, 1.807) is 18.4 Å². The van der Waals surface area contributed by atoms with E-state index in [-0.39, 0.29) is 5.91 Å². The van der Waals surface area contributed by atoms with Crippen LogP contribution in [0.15, 0.2) is 72.2 Å². The van der Waals surface area contributed by atoms with Gasteiger partial charge in [0.25, 0.3) is 0 Å². The predicted molar refractivity (Wildman–Crippen MR) is 138 cm³/mol. The maximum atomic E-state index is 13.1. The number of carbonyl (C=O) groups is 1. The predicted octanol–water partition coefficient (Wildman–Crippen LogP) is 5.29. The first-order valence-electron chi connectivity index (χ1n) is 11.1. The van der Waals surface area contributed by atoms with Crippen molar-refractivity contribution in [3.8, 4) is 27.7 Å². The van der Waals surface area contributed by atoms with Gasteiger partial charge in [0.2, 0.25) is 5.91 Å². The molecule has 5 rings (SSSR count). The summed E-state index contributed by atoms with van der Waals surface area (Å²) in [6, 6.07) is 19.7. The van der Waals surface area contributed by atoms with Crippen LogP contribution in [-0.4, -0.2) is 53.6 Å². The molecule has 0 saturated carbocycles. The van der Waals surface area contributed by atoms with E-state index < -0.39 is 0 Å². The number of carbonyl (C=O) groups excluding carboxylic acids is 1. The van der Waals surface area contributed by atoms with E-state index in [1.165, 1.54) is 0 Å². The summed E-state index contributed by atoms with van der Waals surface area (Å²) in [5.41, 5.74) is 4.04. The number of methoxy groups -OCH3 is 1. The number of piperazine rings is 1. The number of hydrogen-bond donors (Lipinski definition) is 0. The second-order valence-corrected chi connectivity index (χ2v) is 9.43. The van der Waals surface area contributed by atoms with E-state index in [9.17, 15) is 4.79 Å². The lowest BCUT2D eigenvalue weighted by atomic mass is 10.2. The Kier molecular flexibility index (Phi) is 6.56. The van der Waals surface area contributed by atoms with Crippen molar-refractivity contribution in [1.29, 1.82) is 0 Å². The van der Waals surface area contributed by atoms with Crippen LogP contribution in [0.5, 0.6) is 5.75 Å². The first kappa shape index (κ1) is 22.5. The van der Waals surface area contributed by atoms with Crippen LogP contribution in [0.1, 0.15) is 0 Å². The zero-order valence-electron chi connectivity index (χ0n) is 18.9. The molecule has 0 aliphatic carbocycles. The molecule has 3 heterocycles. The first-order valence-corrected chi connectivity index (χ1v) is 12.4. The lowest BCUT2D eigenvalue weighted by molar-refractivity contribution is -0.132. The summed E-state index contributed by atoms with van der Waals surface area (Å²) in [6.07, 6.45) is 1.95. The number of aromatic nitrogens is 2. The average Bonchev–Trinajstić information content (AvgIpc) is 3.54. The van der Waals surface area contributed by atoms with Crippen LogP contribution in [0, 0.1) is 0 Å². The zero-order valence-corrected chi connectivity index (χ0v) is 20.4. The molecule has 0 N–H and O–H groups in total. The number of hydrogen-bond acceptors (Lipinski definition) is 5. The van der Waals surface area contributed by atoms with E-state index in [0.29, 0.717) is 24.7 Å². The van der Waals surface area contributed by atoms with Crippen molar-refractivity contribution in [2.75, 3.05) is 38.2 Å². The lowest BCUT2D eigenvalue weighted by Crippen LogP contribution is -2.49. The van der Waals surface area contributed by atoms with Crippen molar-refractivity contribution < 1.29 is 9.53 Å². The van der Waals surface area contributed by atoms with E-state index in [2.05, 4.69) is 17.0 Å². The molecular formula is C26H25ClN4O2S. The highest BCUT2D eigenvalue weighted by Crippen LogP contribution is 2.30. The van der Waals surface area contributed by atoms with E-state index in [4.69, 9.17) is 21.3 Å². The van der Waals surface area contributed by atoms with Crippen molar-refractivity contribution in [2.45, 2.75) is 6.54 Å². The molecule has 0 radical (unpaired) electrons. The Hall–Kier alpha value is -3.29. The van der Waals surface area contributed by atoms with Crippen molar-refractivity contribution in [2.24, 2.45) is 0 Å². The van der Waals surface area contributed by atoms with Crippen molar-refractivity contribution >= 4 is 34.5 Å². The van der Waals surface area contributed by atoms with Crippen LogP contribution in [0.25, 0.3) is 22.0 Å². The van der Waals surface area contributed by atoms with Crippen LogP contribution in [0.2, 0.25) is 5.02 Å². The number of nitrogens with zero attached hydrogens (tertiary/aromatic N) is 4. The topological polar surface area (TPSA) is 50.6 Å². The summed E-state index contributed by atoms with van der Waals surface area (Å²) in [6.45, 7) is 3.35. The van der Waals surface area contributed by atoms with Gasteiger partial charge < -0.3 is 19.1 Å². The highest BCUT2D eigenvalue weighted by Gasteiger charge is 2.22. The van der Waals surface area contributed by atoms with Gasteiger partial charge in [0.05, 0.1) is 18.5 Å². The Morgan fingerprint density at radius 3 is 2.47 bits per heavy atom. The summed E-state index contributed by atoms with van der Waals surface area (Å²) < 4.78 is 7.23. The van der Waals surface area contributed by atoms with Crippen LogP contribution < -0.4 is 9.64 Å². The molecule has 0 bridgehead atoms. The minimum atomic E-state index is 0.126. The van der Waals surface area contributed by atoms with Gasteiger partial charge in [-0.25, -0.2) is 4.98 Å². The minimum absolute atomic E-state index is 0.126. The molecule has 6 nitrogen and oxygen atoms in total. The molecular weight excluding hydrogens is 468 g/mol. The van der Waals surface area contributed by atoms with Gasteiger partial charge in [-0.1, -0.05) is 23.7 Å². The highest BCUT2D eigenvalue weighted by molar-refractivity contribution is 7.13. The molecule has 174 valence electrons. The normalized spacial score (nSPS) is 13.8. The van der Waals surface area contributed by atoms with Crippen LogP contribution in [0.3, 0.4) is 0 Å². The van der Waals surface area contributed by atoms with Gasteiger partial charge in [0, 0.05) is 54.0 Å². The lowest BCUT2D eigenvalue weighted by Gasteiger charge is -2.36. The summed E-state index contributed by atoms with van der Waals surface area (Å²) in [7, 11) is 1.67. The number of rotatable bonds is 6. The molecule has 8 heteroatoms. The molecule has 2 aromatic carbocycles. The molecule has 0 spiro atoms. The molecule has 0 atom stereocenters. The smallest absolute Gasteiger partial charge is 0.242 e. The van der Waals surface area contributed by atoms with Crippen LogP contribution >= 0.6 is 22.9 Å². The van der Waals surface area contributed by atoms with E-state index in [0.717, 1.165) is 46.5 Å². The van der Waals surface area contributed by atoms with E-state index in [1.807, 2.05) is 69.6 Å². The number of amides is 1. The van der Waals surface area contributed by atoms with Gasteiger partial charge in [0.1, 0.15) is 17.3 Å². The van der Waals surface area contributed by atoms with Crippen LogP contribution in [-0.2, 0) is 11.3 Å². The molecule has 2 aromatic heterocycles. The Morgan fingerprint density at radius 2 is 1.76 bits per heavy atom. The maximum Gasteiger partial charge on any atom is 0.242 e. The van der Waals surface area contributed by atoms with Gasteiger partial charge in [-0.3, -0.25) is 4.79 Å². The SMILES string of the molecule is COc1ccc(N2CCN(C(=O)Cn3cccc3-c3nc(-c4ccc(Cl)cc4)cs3)CC2)cc1. The van der Waals surface area contributed by atoms with Gasteiger partial charge in [-0.2, -0.15) is 0 Å². The Labute approximate surface area is 208 Å². The molecule has 1 aliphatic heterocycles. The molecule has 0 unspecified atom stereocenters. The second kappa shape index (κ2) is 9.91. The zero-order chi connectivity index (χ0) is 23.5. The number of benzene rings is 2. The quantitative estimate of drug-likeness (QED) is 0.367. The summed E-state index contributed by atoms with van der Waals surface area (Å²) in [5.74, 6) is 0.974. The monoisotopic (exact) mass is 492 g/mol. The largest absolute Gasteiger partial charge is 0.497 e. The highest BCUT2D eigenvalue weighted by atomic mass is 35.5. The Balaban J connectivity index is 1.22. The molecule has 1 amide bonds. The fourth-order valence-electron chi connectivity index (χ4n) is 4.14. The molecule has 1 aliphatic rings. The maximum absolute atomic E-state index is 13.1. The standard InChI is InChI=1S/C26H25ClN4O2S/c1-33-22-10-8-21(9-11-22)29-13-15-30(16-14-29)25(32)17-31-12-2-3-24(31)26-28-23(18-34-26)19-4-6-20(27)7-5-19/h2-12,18H,13-17H2,1H3. The number of anilines is 1. The van der Waals surface area contributed by atoms with E-state index >= 15 is 0 Å². The van der Waals surface area contributed by atoms with Crippen molar-refractivity contribution in [1.82, 2.24) is 14.5 Å². The summed E-state index contributed by atoms with van der Waals surface area (Å²) in [4.78, 5) is 22.1. The fourth-order valence-corrected chi connectivity index (χ4v) is 5.14. The van der Waals surface area contributed by atoms with Gasteiger partial charge in [0.15, 0.2) is 0 Å². The number of thiazole rings is 1. The molecule has 4 aromatic rings. The third kappa shape index (κ3) is 4.81. The number of ether oxygens (including phenoxy) is 1.